The van der Waals surface area contributed by atoms with Gasteiger partial charge in [-0.1, -0.05) is 0 Å². The summed E-state index contributed by atoms with van der Waals surface area (Å²) in [7, 11) is 0. The highest BCUT2D eigenvalue weighted by molar-refractivity contribution is 6.01. The molecule has 0 fully saturated rings. The van der Waals surface area contributed by atoms with E-state index in [0.717, 1.165) is 0 Å². The predicted molar refractivity (Wildman–Crippen MR) is 46.4 cm³/mol. The summed E-state index contributed by atoms with van der Waals surface area (Å²) < 4.78 is 12.7. The van der Waals surface area contributed by atoms with Crippen molar-refractivity contribution in [2.75, 3.05) is 11.9 Å². The molecule has 0 aliphatic carbocycles. The quantitative estimate of drug-likeness (QED) is 0.632. The van der Waals surface area contributed by atoms with E-state index in [4.69, 9.17) is 0 Å². The molecule has 0 aromatic heterocycles. The highest BCUT2D eigenvalue weighted by Gasteiger charge is 2.09. The number of carbonyl (C=O) groups excluding carboxylic acids is 1. The fourth-order valence-corrected chi connectivity index (χ4v) is 1.10. The number of hydrogen-bond donors (Lipinski definition) is 1. The first kappa shape index (κ1) is 7.91. The lowest BCUT2D eigenvalue weighted by Crippen LogP contribution is -2.13. The molecule has 0 spiro atoms. The van der Waals surface area contributed by atoms with Crippen LogP contribution >= 0.6 is 0 Å². The summed E-state index contributed by atoms with van der Waals surface area (Å²) in [6.07, 6.45) is 2.60. The first-order valence-corrected chi connectivity index (χ1v) is 3.77. The number of benzene rings is 1. The molecule has 0 bridgehead atoms. The van der Waals surface area contributed by atoms with Gasteiger partial charge in [-0.05, 0) is 18.2 Å². The third kappa shape index (κ3) is 1.56. The molecule has 1 aliphatic rings. The Balaban J connectivity index is 2.49. The normalized spacial score (nSPS) is 14.7. The largest absolute Gasteiger partial charge is 0.324 e. The first-order valence-electron chi connectivity index (χ1n) is 3.77. The lowest BCUT2D eigenvalue weighted by Gasteiger charge is -2.03. The van der Waals surface area contributed by atoms with E-state index in [9.17, 15) is 9.18 Å². The van der Waals surface area contributed by atoms with Crippen LogP contribution in [-0.2, 0) is 4.79 Å². The molecule has 0 unspecified atom stereocenters. The summed E-state index contributed by atoms with van der Waals surface area (Å²) in [5.41, 5.74) is 1.03. The van der Waals surface area contributed by atoms with Crippen LogP contribution in [0.5, 0.6) is 0 Å². The molecule has 1 heterocycles. The number of rotatable bonds is 0. The fraction of sp³-hybridized carbons (Fsp3) is 0.111. The zero-order valence-electron chi connectivity index (χ0n) is 6.67. The average Bonchev–Trinajstić information content (AvgIpc) is 2.25. The van der Waals surface area contributed by atoms with Crippen LogP contribution in [0.25, 0.3) is 0 Å². The van der Waals surface area contributed by atoms with E-state index < -0.39 is 0 Å². The lowest BCUT2D eigenvalue weighted by molar-refractivity contribution is -0.114. The molecule has 13 heavy (non-hydrogen) atoms. The Labute approximate surface area is 74.3 Å². The maximum Gasteiger partial charge on any atom is 0.246 e. The van der Waals surface area contributed by atoms with Crippen molar-refractivity contribution >= 4 is 17.8 Å². The van der Waals surface area contributed by atoms with Gasteiger partial charge in [-0.2, -0.15) is 0 Å². The number of amides is 1. The standard InChI is InChI=1S/C9H6FN2O/c10-7-1-2-8-6(3-7)4-11-5-9(13)12-8/h1-3H,5H2,(H,12,13). The molecule has 1 aromatic carbocycles. The molecule has 1 aromatic rings. The zero-order valence-corrected chi connectivity index (χ0v) is 6.67. The molecule has 4 heteroatoms. The molecule has 2 rings (SSSR count). The van der Waals surface area contributed by atoms with E-state index in [0.29, 0.717) is 11.3 Å². The van der Waals surface area contributed by atoms with Gasteiger partial charge < -0.3 is 5.32 Å². The van der Waals surface area contributed by atoms with Crippen molar-refractivity contribution in [3.63, 3.8) is 0 Å². The monoisotopic (exact) mass is 177 g/mol. The minimum atomic E-state index is -0.363. The van der Waals surface area contributed by atoms with Crippen molar-refractivity contribution in [2.45, 2.75) is 0 Å². The fourth-order valence-electron chi connectivity index (χ4n) is 1.10. The molecule has 1 radical (unpaired) electrons. The van der Waals surface area contributed by atoms with Gasteiger partial charge in [0, 0.05) is 5.56 Å². The Hall–Kier alpha value is -1.71. The van der Waals surface area contributed by atoms with Crippen molar-refractivity contribution in [1.29, 1.82) is 0 Å². The number of nitrogens with one attached hydrogen (secondary N) is 1. The second-order valence-corrected chi connectivity index (χ2v) is 2.67. The topological polar surface area (TPSA) is 41.5 Å². The number of benzodiazepines with no additional fused rings is 1. The number of anilines is 1. The Bertz CT molecular complexity index is 387. The van der Waals surface area contributed by atoms with E-state index in [2.05, 4.69) is 16.5 Å². The first-order chi connectivity index (χ1) is 6.25. The van der Waals surface area contributed by atoms with Crippen LogP contribution in [0.3, 0.4) is 0 Å². The van der Waals surface area contributed by atoms with Crippen LogP contribution in [0.2, 0.25) is 0 Å². The van der Waals surface area contributed by atoms with Crippen LogP contribution in [0, 0.1) is 5.82 Å². The van der Waals surface area contributed by atoms with E-state index >= 15 is 0 Å². The molecule has 0 saturated carbocycles. The Kier molecular flexibility index (Phi) is 1.81. The molecule has 0 atom stereocenters. The van der Waals surface area contributed by atoms with Gasteiger partial charge in [-0.25, -0.2) is 4.39 Å². The molecule has 65 valence electrons. The van der Waals surface area contributed by atoms with Gasteiger partial charge in [0.05, 0.1) is 11.9 Å². The van der Waals surface area contributed by atoms with Gasteiger partial charge in [-0.3, -0.25) is 9.79 Å². The molecule has 0 saturated heterocycles. The van der Waals surface area contributed by atoms with Crippen LogP contribution in [0.4, 0.5) is 10.1 Å². The highest BCUT2D eigenvalue weighted by atomic mass is 19.1. The molecule has 1 N–H and O–H groups in total. The van der Waals surface area contributed by atoms with Crippen molar-refractivity contribution in [3.8, 4) is 0 Å². The van der Waals surface area contributed by atoms with E-state index in [1.807, 2.05) is 0 Å². The van der Waals surface area contributed by atoms with Gasteiger partial charge in [-0.15, -0.1) is 0 Å². The number of carbonyl (C=O) groups is 1. The second kappa shape index (κ2) is 2.97. The third-order valence-corrected chi connectivity index (χ3v) is 1.68. The van der Waals surface area contributed by atoms with Crippen molar-refractivity contribution in [3.05, 3.63) is 29.6 Å². The van der Waals surface area contributed by atoms with Crippen LogP contribution in [0.15, 0.2) is 23.2 Å². The number of hydrogen-bond acceptors (Lipinski definition) is 2. The highest BCUT2D eigenvalue weighted by Crippen LogP contribution is 2.16. The van der Waals surface area contributed by atoms with Crippen molar-refractivity contribution in [2.24, 2.45) is 4.99 Å². The van der Waals surface area contributed by atoms with Gasteiger partial charge >= 0.3 is 0 Å². The maximum absolute atomic E-state index is 12.7. The van der Waals surface area contributed by atoms with Crippen LogP contribution < -0.4 is 5.32 Å². The Morgan fingerprint density at radius 3 is 3.23 bits per heavy atom. The summed E-state index contributed by atoms with van der Waals surface area (Å²) in [6.45, 7) is 0.0380. The second-order valence-electron chi connectivity index (χ2n) is 2.67. The van der Waals surface area contributed by atoms with Crippen LogP contribution in [-0.4, -0.2) is 18.7 Å². The summed E-state index contributed by atoms with van der Waals surface area (Å²) in [5.74, 6) is -0.574. The maximum atomic E-state index is 12.7. The van der Waals surface area contributed by atoms with Crippen molar-refractivity contribution in [1.82, 2.24) is 0 Å². The zero-order chi connectivity index (χ0) is 9.26. The molecule has 1 amide bonds. The summed E-state index contributed by atoms with van der Waals surface area (Å²) in [6, 6.07) is 4.06. The number of fused-ring (bicyclic) bond motifs is 1. The number of nitrogens with zero attached hydrogens (tertiary/aromatic N) is 1. The predicted octanol–water partition coefficient (Wildman–Crippen LogP) is 1.07. The Morgan fingerprint density at radius 2 is 2.38 bits per heavy atom. The smallest absolute Gasteiger partial charge is 0.246 e. The number of aliphatic imine (C=N–C) groups is 1. The minimum absolute atomic E-state index is 0.0380. The Morgan fingerprint density at radius 1 is 1.54 bits per heavy atom. The molecular formula is C9H6FN2O. The van der Waals surface area contributed by atoms with Gasteiger partial charge in [0.25, 0.3) is 0 Å². The van der Waals surface area contributed by atoms with Gasteiger partial charge in [0.2, 0.25) is 5.91 Å². The molecular weight excluding hydrogens is 171 g/mol. The third-order valence-electron chi connectivity index (χ3n) is 1.68. The molecule has 3 nitrogen and oxygen atoms in total. The average molecular weight is 177 g/mol. The molecule has 1 aliphatic heterocycles. The summed E-state index contributed by atoms with van der Waals surface area (Å²) in [5, 5.41) is 2.59. The minimum Gasteiger partial charge on any atom is -0.324 e. The lowest BCUT2D eigenvalue weighted by atomic mass is 10.2. The van der Waals surface area contributed by atoms with Crippen LogP contribution in [0.1, 0.15) is 5.56 Å². The summed E-state index contributed by atoms with van der Waals surface area (Å²) in [4.78, 5) is 14.7. The van der Waals surface area contributed by atoms with Gasteiger partial charge in [0.1, 0.15) is 12.4 Å². The van der Waals surface area contributed by atoms with E-state index in [1.54, 1.807) is 0 Å². The van der Waals surface area contributed by atoms with E-state index in [-0.39, 0.29) is 18.3 Å². The van der Waals surface area contributed by atoms with E-state index in [1.165, 1.54) is 18.2 Å². The van der Waals surface area contributed by atoms with Gasteiger partial charge in [0.15, 0.2) is 0 Å². The number of halogens is 1. The SMILES string of the molecule is O=C1CN=[C]c2cc(F)ccc2N1. The summed E-state index contributed by atoms with van der Waals surface area (Å²) >= 11 is 0. The van der Waals surface area contributed by atoms with Crippen molar-refractivity contribution < 1.29 is 9.18 Å².